The van der Waals surface area contributed by atoms with E-state index in [1.54, 1.807) is 0 Å². The summed E-state index contributed by atoms with van der Waals surface area (Å²) in [5.74, 6) is 1.06. The molecule has 0 saturated carbocycles. The standard InChI is InChI=1S/C21H40N4O/c1-4-6-7-8-9-14-24(3)20(22-5-2)23-19-21(12-17-26-18-13-21)25-15-10-11-16-25/h4H,1,5-19H2,2-3H3,(H,22,23). The van der Waals surface area contributed by atoms with E-state index >= 15 is 0 Å². The number of likely N-dealkylation sites (tertiary alicyclic amines) is 1. The maximum Gasteiger partial charge on any atom is 0.193 e. The molecule has 0 spiro atoms. The predicted octanol–water partition coefficient (Wildman–Crippen LogP) is 3.28. The van der Waals surface area contributed by atoms with Gasteiger partial charge >= 0.3 is 0 Å². The lowest BCUT2D eigenvalue weighted by molar-refractivity contribution is -0.0139. The van der Waals surface area contributed by atoms with E-state index in [2.05, 4.69) is 35.7 Å². The first-order valence-electron chi connectivity index (χ1n) is 10.6. The van der Waals surface area contributed by atoms with Gasteiger partial charge in [-0.3, -0.25) is 9.89 Å². The third-order valence-corrected chi connectivity index (χ3v) is 5.82. The average molecular weight is 365 g/mol. The van der Waals surface area contributed by atoms with Crippen molar-refractivity contribution in [2.75, 3.05) is 53.0 Å². The number of allylic oxidation sites excluding steroid dienone is 1. The summed E-state index contributed by atoms with van der Waals surface area (Å²) in [6.07, 6.45) is 11.7. The average Bonchev–Trinajstić information content (AvgIpc) is 3.21. The molecule has 0 aromatic carbocycles. The zero-order valence-corrected chi connectivity index (χ0v) is 17.1. The predicted molar refractivity (Wildman–Crippen MR) is 111 cm³/mol. The molecule has 2 aliphatic heterocycles. The topological polar surface area (TPSA) is 40.1 Å². The third kappa shape index (κ3) is 6.27. The molecule has 26 heavy (non-hydrogen) atoms. The number of nitrogens with zero attached hydrogens (tertiary/aromatic N) is 3. The lowest BCUT2D eigenvalue weighted by Gasteiger charge is -2.43. The molecule has 0 atom stereocenters. The summed E-state index contributed by atoms with van der Waals surface area (Å²) in [5, 5.41) is 3.49. The fourth-order valence-electron chi connectivity index (χ4n) is 4.13. The molecule has 0 amide bonds. The Hall–Kier alpha value is -1.07. The SMILES string of the molecule is C=CCCCCCN(C)C(=NCC1(N2CCCC2)CCOCC1)NCC. The number of hydrogen-bond acceptors (Lipinski definition) is 3. The maximum absolute atomic E-state index is 5.66. The third-order valence-electron chi connectivity index (χ3n) is 5.82. The minimum Gasteiger partial charge on any atom is -0.381 e. The zero-order chi connectivity index (χ0) is 18.7. The van der Waals surface area contributed by atoms with E-state index in [0.29, 0.717) is 0 Å². The second kappa shape index (κ2) is 11.6. The Morgan fingerprint density at radius 2 is 1.96 bits per heavy atom. The normalized spacial score (nSPS) is 20.9. The summed E-state index contributed by atoms with van der Waals surface area (Å²) in [4.78, 5) is 10.1. The van der Waals surface area contributed by atoms with Crippen molar-refractivity contribution in [1.29, 1.82) is 0 Å². The molecule has 5 heteroatoms. The first kappa shape index (κ1) is 21.2. The highest BCUT2D eigenvalue weighted by atomic mass is 16.5. The van der Waals surface area contributed by atoms with Crippen LogP contribution in [0.1, 0.15) is 58.3 Å². The lowest BCUT2D eigenvalue weighted by Crippen LogP contribution is -2.54. The second-order valence-electron chi connectivity index (χ2n) is 7.76. The molecule has 0 aromatic heterocycles. The van der Waals surface area contributed by atoms with Gasteiger partial charge in [0.1, 0.15) is 0 Å². The first-order chi connectivity index (χ1) is 12.7. The van der Waals surface area contributed by atoms with E-state index in [-0.39, 0.29) is 5.54 Å². The van der Waals surface area contributed by atoms with Crippen LogP contribution in [0.15, 0.2) is 17.6 Å². The van der Waals surface area contributed by atoms with Gasteiger partial charge < -0.3 is 15.0 Å². The van der Waals surface area contributed by atoms with Crippen molar-refractivity contribution in [3.63, 3.8) is 0 Å². The molecule has 2 saturated heterocycles. The van der Waals surface area contributed by atoms with Crippen molar-refractivity contribution >= 4 is 5.96 Å². The van der Waals surface area contributed by atoms with Gasteiger partial charge in [-0.2, -0.15) is 0 Å². The van der Waals surface area contributed by atoms with Crippen molar-refractivity contribution in [3.8, 4) is 0 Å². The molecule has 150 valence electrons. The Bertz CT molecular complexity index is 426. The molecule has 5 nitrogen and oxygen atoms in total. The fraction of sp³-hybridized carbons (Fsp3) is 0.857. The molecular weight excluding hydrogens is 324 g/mol. The number of aliphatic imine (C=N–C) groups is 1. The second-order valence-corrected chi connectivity index (χ2v) is 7.76. The largest absolute Gasteiger partial charge is 0.381 e. The van der Waals surface area contributed by atoms with E-state index < -0.39 is 0 Å². The van der Waals surface area contributed by atoms with E-state index in [1.807, 2.05) is 6.08 Å². The minimum absolute atomic E-state index is 0.209. The van der Waals surface area contributed by atoms with Crippen molar-refractivity contribution in [3.05, 3.63) is 12.7 Å². The van der Waals surface area contributed by atoms with Crippen LogP contribution in [0.2, 0.25) is 0 Å². The van der Waals surface area contributed by atoms with Gasteiger partial charge in [0.15, 0.2) is 5.96 Å². The molecule has 0 unspecified atom stereocenters. The fourth-order valence-corrected chi connectivity index (χ4v) is 4.13. The molecule has 0 radical (unpaired) electrons. The summed E-state index contributed by atoms with van der Waals surface area (Å²) < 4.78 is 5.66. The van der Waals surface area contributed by atoms with Crippen LogP contribution in [0.25, 0.3) is 0 Å². The summed E-state index contributed by atoms with van der Waals surface area (Å²) in [6.45, 7) is 13.0. The molecule has 2 fully saturated rings. The Morgan fingerprint density at radius 1 is 1.23 bits per heavy atom. The molecule has 2 heterocycles. The van der Waals surface area contributed by atoms with Crippen LogP contribution in [0, 0.1) is 0 Å². The highest BCUT2D eigenvalue weighted by Gasteiger charge is 2.39. The van der Waals surface area contributed by atoms with E-state index in [1.165, 1.54) is 45.2 Å². The maximum atomic E-state index is 5.66. The molecular formula is C21H40N4O. The highest BCUT2D eigenvalue weighted by Crippen LogP contribution is 2.31. The lowest BCUT2D eigenvalue weighted by atomic mass is 9.88. The van der Waals surface area contributed by atoms with Gasteiger partial charge in [-0.1, -0.05) is 12.5 Å². The van der Waals surface area contributed by atoms with E-state index in [0.717, 1.165) is 58.1 Å². The van der Waals surface area contributed by atoms with Gasteiger partial charge in [-0.25, -0.2) is 0 Å². The van der Waals surface area contributed by atoms with Gasteiger partial charge in [0.05, 0.1) is 6.54 Å². The number of guanidine groups is 1. The van der Waals surface area contributed by atoms with Gasteiger partial charge in [0.25, 0.3) is 0 Å². The van der Waals surface area contributed by atoms with Crippen LogP contribution in [-0.4, -0.2) is 74.3 Å². The summed E-state index contributed by atoms with van der Waals surface area (Å²) in [7, 11) is 2.17. The molecule has 0 bridgehead atoms. The Morgan fingerprint density at radius 3 is 2.62 bits per heavy atom. The minimum atomic E-state index is 0.209. The number of unbranched alkanes of at least 4 members (excludes halogenated alkanes) is 3. The Labute approximate surface area is 160 Å². The summed E-state index contributed by atoms with van der Waals surface area (Å²) in [5.41, 5.74) is 0.209. The van der Waals surface area contributed by atoms with Crippen LogP contribution in [-0.2, 0) is 4.74 Å². The van der Waals surface area contributed by atoms with Crippen LogP contribution in [0.3, 0.4) is 0 Å². The van der Waals surface area contributed by atoms with Gasteiger partial charge in [0, 0.05) is 38.9 Å². The van der Waals surface area contributed by atoms with Crippen molar-refractivity contribution in [2.45, 2.75) is 63.8 Å². The summed E-state index contributed by atoms with van der Waals surface area (Å²) >= 11 is 0. The van der Waals surface area contributed by atoms with Gasteiger partial charge in [-0.15, -0.1) is 6.58 Å². The van der Waals surface area contributed by atoms with Crippen LogP contribution < -0.4 is 5.32 Å². The van der Waals surface area contributed by atoms with Crippen LogP contribution >= 0.6 is 0 Å². The van der Waals surface area contributed by atoms with Gasteiger partial charge in [-0.05, 0) is 65.0 Å². The van der Waals surface area contributed by atoms with Crippen molar-refractivity contribution < 1.29 is 4.74 Å². The Balaban J connectivity index is 1.94. The first-order valence-corrected chi connectivity index (χ1v) is 10.6. The van der Waals surface area contributed by atoms with Crippen LogP contribution in [0.4, 0.5) is 0 Å². The quantitative estimate of drug-likeness (QED) is 0.279. The number of ether oxygens (including phenoxy) is 1. The molecule has 0 aromatic rings. The van der Waals surface area contributed by atoms with Crippen molar-refractivity contribution in [1.82, 2.24) is 15.1 Å². The Kier molecular flexibility index (Phi) is 9.48. The van der Waals surface area contributed by atoms with E-state index in [4.69, 9.17) is 9.73 Å². The molecule has 0 aliphatic carbocycles. The van der Waals surface area contributed by atoms with Crippen molar-refractivity contribution in [2.24, 2.45) is 4.99 Å². The zero-order valence-electron chi connectivity index (χ0n) is 17.1. The van der Waals surface area contributed by atoms with E-state index in [9.17, 15) is 0 Å². The number of hydrogen-bond donors (Lipinski definition) is 1. The molecule has 2 aliphatic rings. The monoisotopic (exact) mass is 364 g/mol. The van der Waals surface area contributed by atoms with Gasteiger partial charge in [0.2, 0.25) is 0 Å². The molecule has 2 rings (SSSR count). The smallest absolute Gasteiger partial charge is 0.193 e. The molecule has 1 N–H and O–H groups in total. The summed E-state index contributed by atoms with van der Waals surface area (Å²) in [6, 6.07) is 0. The number of nitrogens with one attached hydrogen (secondary N) is 1. The highest BCUT2D eigenvalue weighted by molar-refractivity contribution is 5.79. The number of rotatable bonds is 10. The van der Waals surface area contributed by atoms with Crippen LogP contribution in [0.5, 0.6) is 0 Å².